The number of hydrogen-bond donors (Lipinski definition) is 2. The van der Waals surface area contributed by atoms with Crippen molar-refractivity contribution >= 4 is 27.5 Å². The predicted molar refractivity (Wildman–Crippen MR) is 77.5 cm³/mol. The van der Waals surface area contributed by atoms with E-state index in [9.17, 15) is 13.6 Å². The van der Waals surface area contributed by atoms with E-state index in [1.165, 1.54) is 0 Å². The molecule has 0 radical (unpaired) electrons. The van der Waals surface area contributed by atoms with Crippen molar-refractivity contribution in [2.75, 3.05) is 18.4 Å². The van der Waals surface area contributed by atoms with Crippen molar-refractivity contribution in [1.82, 2.24) is 5.32 Å². The van der Waals surface area contributed by atoms with Gasteiger partial charge in [0, 0.05) is 10.9 Å². The van der Waals surface area contributed by atoms with Crippen LogP contribution in [0.25, 0.3) is 0 Å². The fraction of sp³-hybridized carbons (Fsp3) is 0.500. The molecule has 1 fully saturated rings. The highest BCUT2D eigenvalue weighted by atomic mass is 79.9. The molecule has 110 valence electrons. The minimum absolute atomic E-state index is 0.279. The maximum absolute atomic E-state index is 13.6. The molecule has 1 atom stereocenters. The first kappa shape index (κ1) is 15.4. The fourth-order valence-electron chi connectivity index (χ4n) is 2.37. The van der Waals surface area contributed by atoms with Crippen molar-refractivity contribution in [3.8, 4) is 0 Å². The van der Waals surface area contributed by atoms with Gasteiger partial charge in [-0.3, -0.25) is 4.79 Å². The molecule has 0 spiro atoms. The van der Waals surface area contributed by atoms with Gasteiger partial charge in [-0.2, -0.15) is 0 Å². The molecule has 3 nitrogen and oxygen atoms in total. The molecule has 2 rings (SSSR count). The van der Waals surface area contributed by atoms with Crippen LogP contribution < -0.4 is 10.6 Å². The lowest BCUT2D eigenvalue weighted by Gasteiger charge is -2.22. The monoisotopic (exact) mass is 346 g/mol. The summed E-state index contributed by atoms with van der Waals surface area (Å²) >= 11 is 3.00. The largest absolute Gasteiger partial charge is 0.321 e. The summed E-state index contributed by atoms with van der Waals surface area (Å²) in [4.78, 5) is 11.8. The lowest BCUT2D eigenvalue weighted by molar-refractivity contribution is -0.116. The Morgan fingerprint density at radius 3 is 2.70 bits per heavy atom. The Morgan fingerprint density at radius 1 is 1.40 bits per heavy atom. The molecule has 2 N–H and O–H groups in total. The number of halogens is 3. The summed E-state index contributed by atoms with van der Waals surface area (Å²) in [5, 5.41) is 5.59. The quantitative estimate of drug-likeness (QED) is 0.876. The van der Waals surface area contributed by atoms with Gasteiger partial charge in [0.1, 0.15) is 5.69 Å². The van der Waals surface area contributed by atoms with E-state index in [1.807, 2.05) is 0 Å². The Kier molecular flexibility index (Phi) is 5.48. The highest BCUT2D eigenvalue weighted by Gasteiger charge is 2.17. The first-order valence-corrected chi connectivity index (χ1v) is 7.50. The summed E-state index contributed by atoms with van der Waals surface area (Å²) in [5.41, 5.74) is -0.375. The summed E-state index contributed by atoms with van der Waals surface area (Å²) in [6, 6.07) is 2.26. The molecule has 1 aliphatic rings. The zero-order valence-electron chi connectivity index (χ0n) is 11.0. The number of amides is 1. The van der Waals surface area contributed by atoms with E-state index in [0.717, 1.165) is 44.5 Å². The van der Waals surface area contributed by atoms with Gasteiger partial charge in [-0.05, 0) is 50.4 Å². The van der Waals surface area contributed by atoms with Crippen LogP contribution in [0.4, 0.5) is 14.5 Å². The van der Waals surface area contributed by atoms with Gasteiger partial charge in [-0.1, -0.05) is 15.9 Å². The minimum atomic E-state index is -0.774. The van der Waals surface area contributed by atoms with Crippen molar-refractivity contribution in [1.29, 1.82) is 0 Å². The Bertz CT molecular complexity index is 467. The molecule has 1 aromatic rings. The number of carbonyl (C=O) groups is 1. The van der Waals surface area contributed by atoms with Crippen LogP contribution in [-0.2, 0) is 4.79 Å². The second-order valence-electron chi connectivity index (χ2n) is 5.04. The van der Waals surface area contributed by atoms with Crippen molar-refractivity contribution in [2.45, 2.75) is 25.7 Å². The summed E-state index contributed by atoms with van der Waals surface area (Å²) in [6.07, 6.45) is 3.23. The maximum atomic E-state index is 13.6. The van der Waals surface area contributed by atoms with Crippen LogP contribution in [0.2, 0.25) is 0 Å². The number of benzene rings is 1. The highest BCUT2D eigenvalue weighted by molar-refractivity contribution is 9.10. The Hall–Kier alpha value is -1.01. The summed E-state index contributed by atoms with van der Waals surface area (Å²) < 4.78 is 27.4. The van der Waals surface area contributed by atoms with E-state index in [1.54, 1.807) is 0 Å². The number of carbonyl (C=O) groups excluding carboxylic acids is 1. The summed E-state index contributed by atoms with van der Waals surface area (Å²) in [6.45, 7) is 1.94. The summed E-state index contributed by atoms with van der Waals surface area (Å²) in [7, 11) is 0. The van der Waals surface area contributed by atoms with Gasteiger partial charge in [-0.25, -0.2) is 8.78 Å². The highest BCUT2D eigenvalue weighted by Crippen LogP contribution is 2.24. The summed E-state index contributed by atoms with van der Waals surface area (Å²) in [5.74, 6) is -1.43. The molecule has 1 amide bonds. The van der Waals surface area contributed by atoms with E-state index < -0.39 is 11.6 Å². The van der Waals surface area contributed by atoms with Crippen molar-refractivity contribution < 1.29 is 13.6 Å². The van der Waals surface area contributed by atoms with Crippen molar-refractivity contribution in [3.63, 3.8) is 0 Å². The Balaban J connectivity index is 1.88. The molecule has 1 aromatic carbocycles. The lowest BCUT2D eigenvalue weighted by atomic mass is 9.94. The third-order valence-electron chi connectivity index (χ3n) is 3.45. The molecule has 0 aliphatic carbocycles. The minimum Gasteiger partial charge on any atom is -0.321 e. The van der Waals surface area contributed by atoms with E-state index in [2.05, 4.69) is 26.6 Å². The van der Waals surface area contributed by atoms with Crippen molar-refractivity contribution in [3.05, 3.63) is 28.2 Å². The number of piperidine rings is 1. The van der Waals surface area contributed by atoms with E-state index in [0.29, 0.717) is 10.4 Å². The average molecular weight is 347 g/mol. The maximum Gasteiger partial charge on any atom is 0.224 e. The van der Waals surface area contributed by atoms with Crippen LogP contribution in [-0.4, -0.2) is 19.0 Å². The van der Waals surface area contributed by atoms with Crippen LogP contribution in [0, 0.1) is 17.6 Å². The van der Waals surface area contributed by atoms with Gasteiger partial charge in [0.05, 0.1) is 0 Å². The van der Waals surface area contributed by atoms with Crippen molar-refractivity contribution in [2.24, 2.45) is 5.92 Å². The molecular weight excluding hydrogens is 330 g/mol. The van der Waals surface area contributed by atoms with Crippen LogP contribution in [0.1, 0.15) is 25.7 Å². The number of hydrogen-bond acceptors (Lipinski definition) is 2. The zero-order valence-corrected chi connectivity index (χ0v) is 12.6. The lowest BCUT2D eigenvalue weighted by Crippen LogP contribution is -2.30. The van der Waals surface area contributed by atoms with Crippen LogP contribution >= 0.6 is 15.9 Å². The number of anilines is 1. The van der Waals surface area contributed by atoms with E-state index in [4.69, 9.17) is 0 Å². The third kappa shape index (κ3) is 4.24. The van der Waals surface area contributed by atoms with E-state index in [-0.39, 0.29) is 18.0 Å². The first-order chi connectivity index (χ1) is 9.56. The second kappa shape index (κ2) is 7.13. The van der Waals surface area contributed by atoms with Gasteiger partial charge >= 0.3 is 0 Å². The zero-order chi connectivity index (χ0) is 14.5. The predicted octanol–water partition coefficient (Wildman–Crippen LogP) is 3.45. The van der Waals surface area contributed by atoms with E-state index >= 15 is 0 Å². The van der Waals surface area contributed by atoms with Gasteiger partial charge in [0.15, 0.2) is 11.6 Å². The SMILES string of the molecule is O=C(CCC1CCCNC1)Nc1c(F)cc(Br)cc1F. The molecular formula is C14H17BrF2N2O. The molecule has 0 bridgehead atoms. The van der Waals surface area contributed by atoms with Gasteiger partial charge in [0.2, 0.25) is 5.91 Å². The Morgan fingerprint density at radius 2 is 2.10 bits per heavy atom. The average Bonchev–Trinajstić information content (AvgIpc) is 2.42. The molecule has 20 heavy (non-hydrogen) atoms. The van der Waals surface area contributed by atoms with Gasteiger partial charge in [-0.15, -0.1) is 0 Å². The van der Waals surface area contributed by atoms with Crippen LogP contribution in [0.5, 0.6) is 0 Å². The topological polar surface area (TPSA) is 41.1 Å². The molecule has 6 heteroatoms. The third-order valence-corrected chi connectivity index (χ3v) is 3.91. The Labute approximate surface area is 125 Å². The first-order valence-electron chi connectivity index (χ1n) is 6.71. The second-order valence-corrected chi connectivity index (χ2v) is 5.96. The molecule has 1 unspecified atom stereocenters. The van der Waals surface area contributed by atoms with Crippen LogP contribution in [0.3, 0.4) is 0 Å². The van der Waals surface area contributed by atoms with Gasteiger partial charge < -0.3 is 10.6 Å². The smallest absolute Gasteiger partial charge is 0.224 e. The van der Waals surface area contributed by atoms with Gasteiger partial charge in [0.25, 0.3) is 0 Å². The molecule has 1 heterocycles. The number of nitrogens with one attached hydrogen (secondary N) is 2. The number of rotatable bonds is 4. The fourth-order valence-corrected chi connectivity index (χ4v) is 2.77. The van der Waals surface area contributed by atoms with Crippen LogP contribution in [0.15, 0.2) is 16.6 Å². The standard InChI is InChI=1S/C14H17BrF2N2O/c15-10-6-11(16)14(12(17)7-10)19-13(20)4-3-9-2-1-5-18-8-9/h6-7,9,18H,1-5,8H2,(H,19,20). The molecule has 1 aliphatic heterocycles. The normalized spacial score (nSPS) is 18.9. The molecule has 0 saturated carbocycles. The molecule has 0 aromatic heterocycles. The molecule has 1 saturated heterocycles.